The first-order chi connectivity index (χ1) is 14.4. The van der Waals surface area contributed by atoms with Crippen molar-refractivity contribution in [1.29, 1.82) is 0 Å². The summed E-state index contributed by atoms with van der Waals surface area (Å²) in [5.41, 5.74) is 3.40. The summed E-state index contributed by atoms with van der Waals surface area (Å²) in [6.07, 6.45) is 3.80. The molecule has 160 valence electrons. The van der Waals surface area contributed by atoms with E-state index >= 15 is 0 Å². The predicted octanol–water partition coefficient (Wildman–Crippen LogP) is 3.77. The minimum atomic E-state index is -3.47. The van der Waals surface area contributed by atoms with Gasteiger partial charge in [0.15, 0.2) is 9.84 Å². The molecule has 4 nitrogen and oxygen atoms in total. The van der Waals surface area contributed by atoms with Crippen molar-refractivity contribution < 1.29 is 17.5 Å². The smallest absolute Gasteiger partial charge is 0.163 e. The summed E-state index contributed by atoms with van der Waals surface area (Å²) in [6.45, 7) is 3.57. The lowest BCUT2D eigenvalue weighted by molar-refractivity contribution is 0.154. The Morgan fingerprint density at radius 3 is 2.67 bits per heavy atom. The summed E-state index contributed by atoms with van der Waals surface area (Å²) in [5, 5.41) is 2.04. The van der Waals surface area contributed by atoms with Gasteiger partial charge in [0.2, 0.25) is 0 Å². The summed E-state index contributed by atoms with van der Waals surface area (Å²) in [5.74, 6) is -0.329. The molecule has 6 heteroatoms. The molecule has 0 bridgehead atoms. The maximum absolute atomic E-state index is 14.9. The molecule has 3 atom stereocenters. The molecule has 0 aromatic heterocycles. The van der Waals surface area contributed by atoms with Crippen LogP contribution < -0.4 is 5.32 Å². The highest BCUT2D eigenvalue weighted by molar-refractivity contribution is 7.92. The van der Waals surface area contributed by atoms with Crippen LogP contribution in [0.1, 0.15) is 35.3 Å². The summed E-state index contributed by atoms with van der Waals surface area (Å²) in [4.78, 5) is 0. The number of hydrogen-bond donors (Lipinski definition) is 1. The normalized spacial score (nSPS) is 26.2. The van der Waals surface area contributed by atoms with Crippen LogP contribution in [0.2, 0.25) is 0 Å². The number of benzene rings is 2. The average Bonchev–Trinajstić information content (AvgIpc) is 2.73. The van der Waals surface area contributed by atoms with Gasteiger partial charge < -0.3 is 10.1 Å². The van der Waals surface area contributed by atoms with Crippen LogP contribution in [0.3, 0.4) is 0 Å². The van der Waals surface area contributed by atoms with Crippen LogP contribution in [-0.2, 0) is 27.4 Å². The monoisotopic (exact) mass is 429 g/mol. The van der Waals surface area contributed by atoms with Crippen molar-refractivity contribution in [3.05, 3.63) is 82.7 Å². The molecule has 1 saturated heterocycles. The zero-order valence-electron chi connectivity index (χ0n) is 17.2. The molecule has 2 aliphatic heterocycles. The molecule has 1 N–H and O–H groups in total. The number of sulfone groups is 1. The van der Waals surface area contributed by atoms with Crippen molar-refractivity contribution in [1.82, 2.24) is 5.32 Å². The van der Waals surface area contributed by atoms with Crippen LogP contribution in [0.25, 0.3) is 0 Å². The fraction of sp³-hybridized carbons (Fsp3) is 0.417. The Labute approximate surface area is 178 Å². The Kier molecular flexibility index (Phi) is 6.37. The lowest BCUT2D eigenvalue weighted by Gasteiger charge is -2.35. The van der Waals surface area contributed by atoms with Crippen LogP contribution in [0.15, 0.2) is 60.2 Å². The largest absolute Gasteiger partial charge is 0.377 e. The Hall–Kier alpha value is -2.02. The number of ether oxygens (including phenoxy) is 1. The van der Waals surface area contributed by atoms with Gasteiger partial charge in [-0.05, 0) is 48.9 Å². The zero-order chi connectivity index (χ0) is 21.1. The van der Waals surface area contributed by atoms with E-state index in [1.165, 1.54) is 5.57 Å². The molecule has 2 aromatic rings. The second-order valence-electron chi connectivity index (χ2n) is 8.22. The van der Waals surface area contributed by atoms with Crippen molar-refractivity contribution in [2.24, 2.45) is 0 Å². The highest BCUT2D eigenvalue weighted by Crippen LogP contribution is 2.33. The Balaban J connectivity index is 1.54. The maximum Gasteiger partial charge on any atom is 0.163 e. The topological polar surface area (TPSA) is 55.4 Å². The lowest BCUT2D eigenvalue weighted by atomic mass is 9.98. The molecule has 2 aliphatic rings. The summed E-state index contributed by atoms with van der Waals surface area (Å²) in [7, 11) is -3.47. The van der Waals surface area contributed by atoms with Crippen molar-refractivity contribution in [3.8, 4) is 0 Å². The predicted molar refractivity (Wildman–Crippen MR) is 117 cm³/mol. The van der Waals surface area contributed by atoms with Gasteiger partial charge in [0.25, 0.3) is 0 Å². The third kappa shape index (κ3) is 4.51. The van der Waals surface area contributed by atoms with Gasteiger partial charge in [-0.2, -0.15) is 0 Å². The van der Waals surface area contributed by atoms with Gasteiger partial charge in [-0.15, -0.1) is 0 Å². The average molecular weight is 430 g/mol. The Morgan fingerprint density at radius 2 is 1.97 bits per heavy atom. The quantitative estimate of drug-likeness (QED) is 0.735. The van der Waals surface area contributed by atoms with E-state index in [2.05, 4.69) is 11.4 Å². The van der Waals surface area contributed by atoms with E-state index in [1.54, 1.807) is 12.1 Å². The first-order valence-corrected chi connectivity index (χ1v) is 12.1. The zero-order valence-corrected chi connectivity index (χ0v) is 18.0. The van der Waals surface area contributed by atoms with Gasteiger partial charge in [-0.25, -0.2) is 12.8 Å². The molecule has 1 unspecified atom stereocenters. The molecule has 0 radical (unpaired) electrons. The van der Waals surface area contributed by atoms with Crippen molar-refractivity contribution >= 4 is 9.84 Å². The van der Waals surface area contributed by atoms with Gasteiger partial charge in [0, 0.05) is 12.6 Å². The number of halogens is 1. The van der Waals surface area contributed by atoms with E-state index in [0.29, 0.717) is 31.7 Å². The number of hydrogen-bond acceptors (Lipinski definition) is 4. The van der Waals surface area contributed by atoms with Crippen molar-refractivity contribution in [2.75, 3.05) is 19.8 Å². The van der Waals surface area contributed by atoms with Crippen LogP contribution in [-0.4, -0.2) is 39.5 Å². The van der Waals surface area contributed by atoms with Crippen LogP contribution in [0, 0.1) is 5.82 Å². The van der Waals surface area contributed by atoms with Crippen molar-refractivity contribution in [3.63, 3.8) is 0 Å². The first-order valence-electron chi connectivity index (χ1n) is 10.5. The SMILES string of the molecule is C[C@@H]1NC[C@@H](c2ccccc2)S(=O)(=O)C1Cc1ccc(CC2=CCOCC2)cc1F. The summed E-state index contributed by atoms with van der Waals surface area (Å²) in [6, 6.07) is 14.2. The van der Waals surface area contributed by atoms with Gasteiger partial charge in [0.1, 0.15) is 5.82 Å². The third-order valence-electron chi connectivity index (χ3n) is 6.20. The second kappa shape index (κ2) is 9.00. The molecule has 0 aliphatic carbocycles. The highest BCUT2D eigenvalue weighted by atomic mass is 32.2. The molecule has 30 heavy (non-hydrogen) atoms. The Morgan fingerprint density at radius 1 is 1.17 bits per heavy atom. The minimum absolute atomic E-state index is 0.169. The molecular formula is C24H28FNO3S. The summed E-state index contributed by atoms with van der Waals surface area (Å²) < 4.78 is 47.0. The molecule has 0 spiro atoms. The maximum atomic E-state index is 14.9. The molecule has 2 heterocycles. The first kappa shape index (κ1) is 21.2. The number of rotatable bonds is 5. The van der Waals surface area contributed by atoms with Gasteiger partial charge in [-0.3, -0.25) is 0 Å². The van der Waals surface area contributed by atoms with E-state index in [-0.39, 0.29) is 18.3 Å². The molecule has 0 saturated carbocycles. The van der Waals surface area contributed by atoms with Crippen LogP contribution in [0.4, 0.5) is 4.39 Å². The molecule has 1 fully saturated rings. The third-order valence-corrected chi connectivity index (χ3v) is 8.85. The minimum Gasteiger partial charge on any atom is -0.377 e. The fourth-order valence-electron chi connectivity index (χ4n) is 4.38. The highest BCUT2D eigenvalue weighted by Gasteiger charge is 2.42. The molecule has 2 aromatic carbocycles. The van der Waals surface area contributed by atoms with E-state index < -0.39 is 20.3 Å². The standard InChI is InChI=1S/C24H28FNO3S/c1-17-23(30(27,28)24(16-26-17)20-5-3-2-4-6-20)15-21-8-7-19(14-22(21)25)13-18-9-11-29-12-10-18/h2-9,14,17,23-24,26H,10-13,15-16H2,1H3/t17-,23?,24-/m0/s1. The van der Waals surface area contributed by atoms with Crippen LogP contribution in [0.5, 0.6) is 0 Å². The lowest BCUT2D eigenvalue weighted by Crippen LogP contribution is -2.53. The van der Waals surface area contributed by atoms with Gasteiger partial charge in [0.05, 0.1) is 23.7 Å². The second-order valence-corrected chi connectivity index (χ2v) is 10.6. The van der Waals surface area contributed by atoms with E-state index in [1.807, 2.05) is 43.3 Å². The fourth-order valence-corrected chi connectivity index (χ4v) is 6.74. The molecule has 4 rings (SSSR count). The van der Waals surface area contributed by atoms with Gasteiger partial charge >= 0.3 is 0 Å². The molecule has 0 amide bonds. The summed E-state index contributed by atoms with van der Waals surface area (Å²) >= 11 is 0. The van der Waals surface area contributed by atoms with Crippen LogP contribution >= 0.6 is 0 Å². The van der Waals surface area contributed by atoms with E-state index in [9.17, 15) is 12.8 Å². The van der Waals surface area contributed by atoms with E-state index in [0.717, 1.165) is 17.5 Å². The van der Waals surface area contributed by atoms with Crippen molar-refractivity contribution in [2.45, 2.75) is 42.7 Å². The Bertz CT molecular complexity index is 1020. The van der Waals surface area contributed by atoms with E-state index in [4.69, 9.17) is 4.74 Å². The molecular weight excluding hydrogens is 401 g/mol. The van der Waals surface area contributed by atoms with Gasteiger partial charge in [-0.1, -0.05) is 54.1 Å². The number of nitrogens with one attached hydrogen (secondary N) is 1.